The molecule has 1 aromatic rings. The Bertz CT molecular complexity index is 401. The Kier molecular flexibility index (Phi) is 3.02. The number of benzene rings is 1. The summed E-state index contributed by atoms with van der Waals surface area (Å²) in [7, 11) is 0. The summed E-state index contributed by atoms with van der Waals surface area (Å²) in [6, 6.07) is 6.00. The van der Waals surface area contributed by atoms with E-state index in [9.17, 15) is 4.39 Å². The van der Waals surface area contributed by atoms with Crippen LogP contribution in [0.4, 0.5) is 10.1 Å². The van der Waals surface area contributed by atoms with E-state index in [1.807, 2.05) is 12.1 Å². The van der Waals surface area contributed by atoms with Crippen molar-refractivity contribution in [3.05, 3.63) is 29.3 Å². The van der Waals surface area contributed by atoms with Gasteiger partial charge >= 0.3 is 0 Å². The molecule has 0 bridgehead atoms. The van der Waals surface area contributed by atoms with Gasteiger partial charge in [0.2, 0.25) is 0 Å². The highest BCUT2D eigenvalue weighted by Gasteiger charge is 2.28. The maximum atomic E-state index is 14.6. The molecule has 0 aliphatic carbocycles. The van der Waals surface area contributed by atoms with Gasteiger partial charge in [0.15, 0.2) is 0 Å². The summed E-state index contributed by atoms with van der Waals surface area (Å²) < 4.78 is 19.9. The van der Waals surface area contributed by atoms with Gasteiger partial charge in [-0.3, -0.25) is 0 Å². The monoisotopic (exact) mass is 235 g/mol. The normalized spacial score (nSPS) is 21.9. The summed E-state index contributed by atoms with van der Waals surface area (Å²) in [5, 5.41) is 3.32. The predicted octanol–water partition coefficient (Wildman–Crippen LogP) is 3.09. The Labute approximate surface area is 101 Å². The second-order valence-corrected chi connectivity index (χ2v) is 4.91. The lowest BCUT2D eigenvalue weighted by Gasteiger charge is -2.26. The lowest BCUT2D eigenvalue weighted by Crippen LogP contribution is -2.20. The Morgan fingerprint density at radius 3 is 2.94 bits per heavy atom. The fourth-order valence-corrected chi connectivity index (χ4v) is 2.86. The molecule has 2 nitrogen and oxygen atoms in total. The highest BCUT2D eigenvalue weighted by Crippen LogP contribution is 2.39. The zero-order chi connectivity index (χ0) is 11.7. The van der Waals surface area contributed by atoms with Crippen molar-refractivity contribution in [2.45, 2.75) is 25.4 Å². The van der Waals surface area contributed by atoms with Gasteiger partial charge in [-0.2, -0.15) is 0 Å². The number of para-hydroxylation sites is 1. The number of nitrogens with one attached hydrogen (secondary N) is 1. The van der Waals surface area contributed by atoms with Gasteiger partial charge in [-0.15, -0.1) is 0 Å². The molecule has 3 heteroatoms. The van der Waals surface area contributed by atoms with Crippen molar-refractivity contribution in [3.8, 4) is 0 Å². The van der Waals surface area contributed by atoms with E-state index >= 15 is 0 Å². The first-order chi connectivity index (χ1) is 8.36. The number of ether oxygens (including phenoxy) is 1. The highest BCUT2D eigenvalue weighted by atomic mass is 19.1. The van der Waals surface area contributed by atoms with E-state index in [0.717, 1.165) is 37.1 Å². The van der Waals surface area contributed by atoms with E-state index in [0.29, 0.717) is 13.2 Å². The molecule has 2 aliphatic rings. The molecule has 0 saturated carbocycles. The van der Waals surface area contributed by atoms with Crippen LogP contribution >= 0.6 is 0 Å². The summed E-state index contributed by atoms with van der Waals surface area (Å²) in [6.45, 7) is 2.34. The van der Waals surface area contributed by atoms with Crippen LogP contribution in [0.5, 0.6) is 0 Å². The predicted molar refractivity (Wildman–Crippen MR) is 66.0 cm³/mol. The number of fused-ring (bicyclic) bond motifs is 1. The van der Waals surface area contributed by atoms with Crippen LogP contribution < -0.4 is 5.32 Å². The van der Waals surface area contributed by atoms with E-state index in [1.165, 1.54) is 5.56 Å². The summed E-state index contributed by atoms with van der Waals surface area (Å²) in [4.78, 5) is 0. The molecule has 1 aromatic carbocycles. The third kappa shape index (κ3) is 2.04. The third-order valence-electron chi connectivity index (χ3n) is 3.86. The zero-order valence-corrected chi connectivity index (χ0v) is 9.92. The van der Waals surface area contributed by atoms with Crippen LogP contribution in [0, 0.1) is 5.92 Å². The smallest absolute Gasteiger partial charge is 0.130 e. The van der Waals surface area contributed by atoms with Crippen molar-refractivity contribution in [2.24, 2.45) is 5.92 Å². The summed E-state index contributed by atoms with van der Waals surface area (Å²) >= 11 is 0. The Morgan fingerprint density at radius 1 is 1.29 bits per heavy atom. The molecule has 2 aliphatic heterocycles. The molecule has 92 valence electrons. The summed E-state index contributed by atoms with van der Waals surface area (Å²) in [6.07, 6.45) is 1.85. The second kappa shape index (κ2) is 4.65. The lowest BCUT2D eigenvalue weighted by molar-refractivity contribution is 0.0367. The standard InChI is InChI=1S/C14H18FNO/c15-13(10-5-8-17-9-6-10)12-3-1-2-11-4-7-16-14(11)12/h1-3,10,13,16H,4-9H2. The molecule has 17 heavy (non-hydrogen) atoms. The molecule has 2 heterocycles. The van der Waals surface area contributed by atoms with Gasteiger partial charge in [0.05, 0.1) is 0 Å². The van der Waals surface area contributed by atoms with Crippen molar-refractivity contribution in [2.75, 3.05) is 25.1 Å². The molecule has 1 saturated heterocycles. The van der Waals surface area contributed by atoms with Crippen molar-refractivity contribution in [1.82, 2.24) is 0 Å². The summed E-state index contributed by atoms with van der Waals surface area (Å²) in [5.41, 5.74) is 3.16. The molecule has 1 fully saturated rings. The van der Waals surface area contributed by atoms with Gasteiger partial charge in [0.25, 0.3) is 0 Å². The van der Waals surface area contributed by atoms with E-state index < -0.39 is 6.17 Å². The van der Waals surface area contributed by atoms with Crippen LogP contribution in [0.25, 0.3) is 0 Å². The minimum Gasteiger partial charge on any atom is -0.384 e. The Hall–Kier alpha value is -1.09. The van der Waals surface area contributed by atoms with Crippen LogP contribution in [-0.4, -0.2) is 19.8 Å². The van der Waals surface area contributed by atoms with E-state index in [-0.39, 0.29) is 5.92 Å². The SMILES string of the molecule is FC(c1cccc2c1NCC2)C1CCOCC1. The molecule has 1 N–H and O–H groups in total. The average Bonchev–Trinajstić information content (AvgIpc) is 2.87. The van der Waals surface area contributed by atoms with Crippen LogP contribution in [-0.2, 0) is 11.2 Å². The quantitative estimate of drug-likeness (QED) is 0.850. The highest BCUT2D eigenvalue weighted by molar-refractivity contribution is 5.62. The molecule has 0 aromatic heterocycles. The largest absolute Gasteiger partial charge is 0.384 e. The fourth-order valence-electron chi connectivity index (χ4n) is 2.86. The molecule has 3 rings (SSSR count). The topological polar surface area (TPSA) is 21.3 Å². The van der Waals surface area contributed by atoms with Gasteiger partial charge in [-0.25, -0.2) is 4.39 Å². The minimum absolute atomic E-state index is 0.123. The lowest BCUT2D eigenvalue weighted by atomic mass is 9.89. The molecule has 0 spiro atoms. The minimum atomic E-state index is -0.848. The first-order valence-electron chi connectivity index (χ1n) is 6.44. The zero-order valence-electron chi connectivity index (χ0n) is 9.92. The van der Waals surface area contributed by atoms with E-state index in [4.69, 9.17) is 4.74 Å². The van der Waals surface area contributed by atoms with Gasteiger partial charge in [0, 0.05) is 31.0 Å². The van der Waals surface area contributed by atoms with Gasteiger partial charge in [-0.05, 0) is 30.7 Å². The van der Waals surface area contributed by atoms with Crippen LogP contribution in [0.1, 0.15) is 30.1 Å². The molecular formula is C14H18FNO. The summed E-state index contributed by atoms with van der Waals surface area (Å²) in [5.74, 6) is 0.123. The van der Waals surface area contributed by atoms with Crippen molar-refractivity contribution < 1.29 is 9.13 Å². The van der Waals surface area contributed by atoms with Gasteiger partial charge < -0.3 is 10.1 Å². The number of halogens is 1. The van der Waals surface area contributed by atoms with Crippen LogP contribution in [0.3, 0.4) is 0 Å². The number of hydrogen-bond acceptors (Lipinski definition) is 2. The van der Waals surface area contributed by atoms with Crippen molar-refractivity contribution >= 4 is 5.69 Å². The third-order valence-corrected chi connectivity index (χ3v) is 3.86. The molecule has 1 unspecified atom stereocenters. The van der Waals surface area contributed by atoms with Gasteiger partial charge in [-0.1, -0.05) is 18.2 Å². The molecule has 0 amide bonds. The second-order valence-electron chi connectivity index (χ2n) is 4.91. The number of hydrogen-bond donors (Lipinski definition) is 1. The van der Waals surface area contributed by atoms with Gasteiger partial charge in [0.1, 0.15) is 6.17 Å². The van der Waals surface area contributed by atoms with E-state index in [1.54, 1.807) is 0 Å². The molecule has 0 radical (unpaired) electrons. The molecule has 1 atom stereocenters. The average molecular weight is 235 g/mol. The number of anilines is 1. The first kappa shape index (κ1) is 11.0. The maximum Gasteiger partial charge on any atom is 0.130 e. The van der Waals surface area contributed by atoms with Crippen LogP contribution in [0.15, 0.2) is 18.2 Å². The molecular weight excluding hydrogens is 217 g/mol. The van der Waals surface area contributed by atoms with Crippen molar-refractivity contribution in [3.63, 3.8) is 0 Å². The number of rotatable bonds is 2. The maximum absolute atomic E-state index is 14.6. The Morgan fingerprint density at radius 2 is 2.12 bits per heavy atom. The van der Waals surface area contributed by atoms with Crippen LogP contribution in [0.2, 0.25) is 0 Å². The van der Waals surface area contributed by atoms with Crippen molar-refractivity contribution in [1.29, 1.82) is 0 Å². The number of alkyl halides is 1. The van der Waals surface area contributed by atoms with E-state index in [2.05, 4.69) is 11.4 Å². The first-order valence-corrected chi connectivity index (χ1v) is 6.44. The fraction of sp³-hybridized carbons (Fsp3) is 0.571. The Balaban J connectivity index is 1.85.